The molecule has 6 heteroatoms. The minimum Gasteiger partial charge on any atom is -0.465 e. The lowest BCUT2D eigenvalue weighted by molar-refractivity contribution is 0.0655. The second-order valence-electron chi connectivity index (χ2n) is 6.15. The lowest BCUT2D eigenvalue weighted by Gasteiger charge is -2.35. The molecule has 1 aromatic heterocycles. The van der Waals surface area contributed by atoms with Crippen LogP contribution < -0.4 is 4.74 Å². The zero-order valence-corrected chi connectivity index (χ0v) is 13.2. The highest BCUT2D eigenvalue weighted by Gasteiger charge is 2.39. The second-order valence-corrected chi connectivity index (χ2v) is 7.09. The van der Waals surface area contributed by atoms with Crippen molar-refractivity contribution < 1.29 is 9.13 Å². The maximum atomic E-state index is 13.3. The van der Waals surface area contributed by atoms with E-state index in [1.165, 1.54) is 36.3 Å². The number of nitrogens with zero attached hydrogens (tertiary/aromatic N) is 3. The van der Waals surface area contributed by atoms with Gasteiger partial charge in [0.2, 0.25) is 0 Å². The number of piperidine rings is 1. The third-order valence-corrected chi connectivity index (χ3v) is 5.66. The highest BCUT2D eigenvalue weighted by molar-refractivity contribution is 7.16. The van der Waals surface area contributed by atoms with Crippen LogP contribution in [0.1, 0.15) is 25.7 Å². The quantitative estimate of drug-likeness (QED) is 0.869. The van der Waals surface area contributed by atoms with Gasteiger partial charge in [-0.15, -0.1) is 5.10 Å². The van der Waals surface area contributed by atoms with E-state index in [1.807, 2.05) is 6.07 Å². The van der Waals surface area contributed by atoms with E-state index in [0.717, 1.165) is 18.4 Å². The molecule has 22 heavy (non-hydrogen) atoms. The third kappa shape index (κ3) is 2.61. The molecule has 2 aliphatic rings. The molecule has 2 unspecified atom stereocenters. The van der Waals surface area contributed by atoms with Crippen LogP contribution in [0.15, 0.2) is 24.3 Å². The molecule has 1 aromatic carbocycles. The third-order valence-electron chi connectivity index (χ3n) is 4.80. The Kier molecular flexibility index (Phi) is 3.58. The van der Waals surface area contributed by atoms with Gasteiger partial charge in [0.05, 0.1) is 0 Å². The van der Waals surface area contributed by atoms with Crippen LogP contribution in [0.3, 0.4) is 0 Å². The topological polar surface area (TPSA) is 38.2 Å². The normalized spacial score (nSPS) is 28.0. The molecule has 4 nitrogen and oxygen atoms in total. The predicted octanol–water partition coefficient (Wildman–Crippen LogP) is 3.35. The Bertz CT molecular complexity index is 663. The second kappa shape index (κ2) is 5.59. The Morgan fingerprint density at radius 3 is 2.73 bits per heavy atom. The van der Waals surface area contributed by atoms with Gasteiger partial charge in [0.15, 0.2) is 5.01 Å². The zero-order chi connectivity index (χ0) is 15.1. The number of benzene rings is 1. The average molecular weight is 319 g/mol. The van der Waals surface area contributed by atoms with Gasteiger partial charge in [-0.25, -0.2) is 4.39 Å². The summed E-state index contributed by atoms with van der Waals surface area (Å²) < 4.78 is 19.3. The first-order valence-electron chi connectivity index (χ1n) is 7.67. The minimum absolute atomic E-state index is 0.224. The molecule has 3 heterocycles. The number of rotatable bonds is 3. The Balaban J connectivity index is 1.46. The highest BCUT2D eigenvalue weighted by atomic mass is 32.1. The van der Waals surface area contributed by atoms with Crippen LogP contribution in [0.5, 0.6) is 5.19 Å². The molecule has 3 atom stereocenters. The van der Waals surface area contributed by atoms with Gasteiger partial charge < -0.3 is 9.64 Å². The van der Waals surface area contributed by atoms with Gasteiger partial charge in [0, 0.05) is 17.6 Å². The number of aromatic nitrogens is 2. The first kappa shape index (κ1) is 14.1. The molecule has 2 saturated heterocycles. The van der Waals surface area contributed by atoms with E-state index in [-0.39, 0.29) is 11.9 Å². The molecule has 2 aliphatic heterocycles. The zero-order valence-electron chi connectivity index (χ0n) is 12.4. The van der Waals surface area contributed by atoms with E-state index in [1.54, 1.807) is 6.07 Å². The molecule has 0 aliphatic carbocycles. The van der Waals surface area contributed by atoms with E-state index in [9.17, 15) is 4.39 Å². The van der Waals surface area contributed by atoms with E-state index in [4.69, 9.17) is 4.74 Å². The fraction of sp³-hybridized carbons (Fsp3) is 0.500. The summed E-state index contributed by atoms with van der Waals surface area (Å²) in [6, 6.07) is 7.69. The number of hydrogen-bond acceptors (Lipinski definition) is 5. The van der Waals surface area contributed by atoms with Crippen molar-refractivity contribution in [2.45, 2.75) is 43.9 Å². The summed E-state index contributed by atoms with van der Waals surface area (Å²) in [6.07, 6.45) is 4.88. The van der Waals surface area contributed by atoms with Crippen molar-refractivity contribution >= 4 is 11.3 Å². The van der Waals surface area contributed by atoms with Crippen molar-refractivity contribution in [3.63, 3.8) is 0 Å². The summed E-state index contributed by atoms with van der Waals surface area (Å²) in [5.74, 6) is -0.262. The maximum absolute atomic E-state index is 13.3. The van der Waals surface area contributed by atoms with Crippen molar-refractivity contribution in [1.82, 2.24) is 15.1 Å². The lowest BCUT2D eigenvalue weighted by Crippen LogP contribution is -2.43. The monoisotopic (exact) mass is 319 g/mol. The summed E-state index contributed by atoms with van der Waals surface area (Å²) in [6.45, 7) is 0. The van der Waals surface area contributed by atoms with Crippen LogP contribution in [0.4, 0.5) is 4.39 Å². The Hall–Kier alpha value is -1.53. The number of halogens is 1. The van der Waals surface area contributed by atoms with E-state index < -0.39 is 0 Å². The van der Waals surface area contributed by atoms with Crippen molar-refractivity contribution in [1.29, 1.82) is 0 Å². The van der Waals surface area contributed by atoms with Crippen molar-refractivity contribution in [3.8, 4) is 15.8 Å². The standard InChI is InChI=1S/C16H18FN3OS/c1-20-12-5-6-13(20)9-14(8-12)21-16-19-18-15(22-16)10-3-2-4-11(17)7-10/h2-4,7,12-14H,5-6,8-9H2,1H3/t12-,13?,14?/m0/s1. The number of hydrogen-bond donors (Lipinski definition) is 0. The van der Waals surface area contributed by atoms with E-state index in [2.05, 4.69) is 22.1 Å². The average Bonchev–Trinajstić information content (AvgIpc) is 3.02. The SMILES string of the molecule is CN1C2CC[C@H]1CC(Oc1nnc(-c3cccc(F)c3)s1)C2. The molecule has 2 fully saturated rings. The highest BCUT2D eigenvalue weighted by Crippen LogP contribution is 2.37. The molecule has 4 rings (SSSR count). The fourth-order valence-electron chi connectivity index (χ4n) is 3.60. The van der Waals surface area contributed by atoms with Crippen LogP contribution in [-0.4, -0.2) is 40.3 Å². The Morgan fingerprint density at radius 2 is 2.00 bits per heavy atom. The number of fused-ring (bicyclic) bond motifs is 2. The smallest absolute Gasteiger partial charge is 0.294 e. The first-order chi connectivity index (χ1) is 10.7. The Morgan fingerprint density at radius 1 is 1.23 bits per heavy atom. The van der Waals surface area contributed by atoms with Crippen molar-refractivity contribution in [3.05, 3.63) is 30.1 Å². The molecule has 116 valence electrons. The molecule has 0 saturated carbocycles. The molecule has 0 N–H and O–H groups in total. The van der Waals surface area contributed by atoms with Gasteiger partial charge in [0.25, 0.3) is 5.19 Å². The van der Waals surface area contributed by atoms with E-state index in [0.29, 0.717) is 22.3 Å². The molecule has 0 radical (unpaired) electrons. The van der Waals surface area contributed by atoms with Gasteiger partial charge in [0.1, 0.15) is 11.9 Å². The van der Waals surface area contributed by atoms with E-state index >= 15 is 0 Å². The molecular formula is C16H18FN3OS. The van der Waals surface area contributed by atoms with Gasteiger partial charge in [-0.3, -0.25) is 0 Å². The van der Waals surface area contributed by atoms with Gasteiger partial charge >= 0.3 is 0 Å². The first-order valence-corrected chi connectivity index (χ1v) is 8.49. The molecule has 2 aromatic rings. The summed E-state index contributed by atoms with van der Waals surface area (Å²) in [5.41, 5.74) is 0.746. The van der Waals surface area contributed by atoms with Crippen LogP contribution >= 0.6 is 11.3 Å². The summed E-state index contributed by atoms with van der Waals surface area (Å²) in [4.78, 5) is 2.48. The van der Waals surface area contributed by atoms with Crippen LogP contribution in [0.25, 0.3) is 10.6 Å². The number of ether oxygens (including phenoxy) is 1. The largest absolute Gasteiger partial charge is 0.465 e. The van der Waals surface area contributed by atoms with Gasteiger partial charge in [-0.2, -0.15) is 0 Å². The van der Waals surface area contributed by atoms with Crippen LogP contribution in [0, 0.1) is 5.82 Å². The fourth-order valence-corrected chi connectivity index (χ4v) is 4.35. The minimum atomic E-state index is -0.262. The Labute approximate surface area is 132 Å². The van der Waals surface area contributed by atoms with Gasteiger partial charge in [-0.05, 0) is 44.9 Å². The molecule has 0 amide bonds. The van der Waals surface area contributed by atoms with Crippen molar-refractivity contribution in [2.24, 2.45) is 0 Å². The van der Waals surface area contributed by atoms with Crippen molar-refractivity contribution in [2.75, 3.05) is 7.05 Å². The summed E-state index contributed by atoms with van der Waals surface area (Å²) in [7, 11) is 2.21. The molecule has 0 spiro atoms. The maximum Gasteiger partial charge on any atom is 0.294 e. The summed E-state index contributed by atoms with van der Waals surface area (Å²) in [5, 5.41) is 9.53. The van der Waals surface area contributed by atoms with Crippen LogP contribution in [-0.2, 0) is 0 Å². The lowest BCUT2D eigenvalue weighted by atomic mass is 10.0. The van der Waals surface area contributed by atoms with Gasteiger partial charge in [-0.1, -0.05) is 28.6 Å². The predicted molar refractivity (Wildman–Crippen MR) is 83.5 cm³/mol. The molecular weight excluding hydrogens is 301 g/mol. The summed E-state index contributed by atoms with van der Waals surface area (Å²) >= 11 is 1.39. The molecule has 2 bridgehead atoms. The van der Waals surface area contributed by atoms with Crippen LogP contribution in [0.2, 0.25) is 0 Å².